The summed E-state index contributed by atoms with van der Waals surface area (Å²) in [5, 5.41) is 2.13. The third-order valence-electron chi connectivity index (χ3n) is 3.48. The van der Waals surface area contributed by atoms with Crippen molar-refractivity contribution < 1.29 is 0 Å². The molecule has 0 bridgehead atoms. The number of aromatic nitrogens is 1. The molecule has 2 aromatic rings. The molecule has 2 N–H and O–H groups in total. The van der Waals surface area contributed by atoms with Crippen LogP contribution in [0.4, 0.5) is 5.69 Å². The highest BCUT2D eigenvalue weighted by Crippen LogP contribution is 2.28. The summed E-state index contributed by atoms with van der Waals surface area (Å²) in [5.74, 6) is 0. The van der Waals surface area contributed by atoms with Gasteiger partial charge in [-0.05, 0) is 45.2 Å². The fourth-order valence-electron chi connectivity index (χ4n) is 2.46. The van der Waals surface area contributed by atoms with Gasteiger partial charge in [-0.1, -0.05) is 6.07 Å². The molecule has 0 amide bonds. The maximum Gasteiger partial charge on any atom is 0.0525 e. The molecule has 3 nitrogen and oxygen atoms in total. The van der Waals surface area contributed by atoms with E-state index in [1.807, 2.05) is 13.8 Å². The summed E-state index contributed by atoms with van der Waals surface area (Å²) >= 11 is 1.80. The molecule has 2 heterocycles. The van der Waals surface area contributed by atoms with Gasteiger partial charge in [-0.15, -0.1) is 11.3 Å². The van der Waals surface area contributed by atoms with Gasteiger partial charge in [0.2, 0.25) is 0 Å². The third-order valence-corrected chi connectivity index (χ3v) is 4.34. The molecule has 0 saturated heterocycles. The number of nitrogens with two attached hydrogens (primary N) is 1. The van der Waals surface area contributed by atoms with Crippen LogP contribution >= 0.6 is 11.3 Å². The Morgan fingerprint density at radius 3 is 2.65 bits per heavy atom. The van der Waals surface area contributed by atoms with Crippen molar-refractivity contribution in [3.05, 3.63) is 45.4 Å². The SMILES string of the molecule is Cc1cc(N(Cc2cccs2)C(C)C)c(CN)c(C)n1. The molecule has 20 heavy (non-hydrogen) atoms. The van der Waals surface area contributed by atoms with E-state index in [0.29, 0.717) is 12.6 Å². The van der Waals surface area contributed by atoms with Gasteiger partial charge in [0.25, 0.3) is 0 Å². The van der Waals surface area contributed by atoms with Crippen molar-refractivity contribution in [2.24, 2.45) is 5.73 Å². The molecule has 2 aromatic heterocycles. The van der Waals surface area contributed by atoms with E-state index in [0.717, 1.165) is 23.5 Å². The Kier molecular flexibility index (Phi) is 4.78. The van der Waals surface area contributed by atoms with Crippen molar-refractivity contribution in [2.45, 2.75) is 46.8 Å². The second-order valence-corrected chi connectivity index (χ2v) is 6.38. The van der Waals surface area contributed by atoms with Crippen molar-refractivity contribution in [3.8, 4) is 0 Å². The normalized spacial score (nSPS) is 11.1. The largest absolute Gasteiger partial charge is 0.364 e. The number of hydrogen-bond acceptors (Lipinski definition) is 4. The first kappa shape index (κ1) is 15.0. The maximum absolute atomic E-state index is 5.95. The van der Waals surface area contributed by atoms with E-state index in [1.54, 1.807) is 11.3 Å². The molecule has 0 spiro atoms. The van der Waals surface area contributed by atoms with Gasteiger partial charge in [0, 0.05) is 40.1 Å². The Balaban J connectivity index is 2.43. The van der Waals surface area contributed by atoms with Gasteiger partial charge in [0.05, 0.1) is 6.54 Å². The summed E-state index contributed by atoms with van der Waals surface area (Å²) in [6.07, 6.45) is 0. The molecule has 0 saturated carbocycles. The predicted octanol–water partition coefficient (Wildman–Crippen LogP) is 3.63. The number of anilines is 1. The van der Waals surface area contributed by atoms with Gasteiger partial charge >= 0.3 is 0 Å². The van der Waals surface area contributed by atoms with E-state index in [2.05, 4.69) is 47.3 Å². The van der Waals surface area contributed by atoms with Crippen molar-refractivity contribution in [1.29, 1.82) is 0 Å². The molecular formula is C16H23N3S. The molecule has 0 aliphatic heterocycles. The van der Waals surface area contributed by atoms with Crippen LogP contribution < -0.4 is 10.6 Å². The van der Waals surface area contributed by atoms with Crippen molar-refractivity contribution >= 4 is 17.0 Å². The van der Waals surface area contributed by atoms with Crippen LogP contribution in [0.2, 0.25) is 0 Å². The van der Waals surface area contributed by atoms with E-state index >= 15 is 0 Å². The van der Waals surface area contributed by atoms with Gasteiger partial charge < -0.3 is 10.6 Å². The van der Waals surface area contributed by atoms with E-state index in [-0.39, 0.29) is 0 Å². The van der Waals surface area contributed by atoms with Crippen LogP contribution in [0.5, 0.6) is 0 Å². The molecule has 4 heteroatoms. The number of nitrogens with zero attached hydrogens (tertiary/aromatic N) is 2. The minimum atomic E-state index is 0.420. The average Bonchev–Trinajstić information content (AvgIpc) is 2.87. The summed E-state index contributed by atoms with van der Waals surface area (Å²) in [5.41, 5.74) is 10.4. The highest BCUT2D eigenvalue weighted by molar-refractivity contribution is 7.09. The van der Waals surface area contributed by atoms with E-state index in [4.69, 9.17) is 5.73 Å². The molecular weight excluding hydrogens is 266 g/mol. The van der Waals surface area contributed by atoms with Crippen LogP contribution in [0.3, 0.4) is 0 Å². The Morgan fingerprint density at radius 1 is 1.35 bits per heavy atom. The minimum Gasteiger partial charge on any atom is -0.364 e. The van der Waals surface area contributed by atoms with Crippen LogP contribution in [0, 0.1) is 13.8 Å². The third kappa shape index (κ3) is 3.19. The van der Waals surface area contributed by atoms with Crippen molar-refractivity contribution in [2.75, 3.05) is 4.90 Å². The summed E-state index contributed by atoms with van der Waals surface area (Å²) in [7, 11) is 0. The van der Waals surface area contributed by atoms with Crippen LogP contribution in [0.1, 0.15) is 35.7 Å². The summed E-state index contributed by atoms with van der Waals surface area (Å²) < 4.78 is 0. The van der Waals surface area contributed by atoms with E-state index < -0.39 is 0 Å². The Morgan fingerprint density at radius 2 is 2.10 bits per heavy atom. The van der Waals surface area contributed by atoms with Gasteiger partial charge in [0.1, 0.15) is 0 Å². The van der Waals surface area contributed by atoms with Crippen molar-refractivity contribution in [3.63, 3.8) is 0 Å². The highest BCUT2D eigenvalue weighted by atomic mass is 32.1. The Hall–Kier alpha value is -1.39. The second-order valence-electron chi connectivity index (χ2n) is 5.35. The number of thiophene rings is 1. The van der Waals surface area contributed by atoms with Gasteiger partial charge in [-0.3, -0.25) is 4.98 Å². The van der Waals surface area contributed by atoms with E-state index in [1.165, 1.54) is 10.6 Å². The molecule has 108 valence electrons. The summed E-state index contributed by atoms with van der Waals surface area (Å²) in [6, 6.07) is 6.86. The molecule has 0 aromatic carbocycles. The molecule has 0 aliphatic carbocycles. The predicted molar refractivity (Wildman–Crippen MR) is 87.2 cm³/mol. The molecule has 2 rings (SSSR count). The standard InChI is InChI=1S/C16H23N3S/c1-11(2)19(10-14-6-5-7-20-14)16-8-12(3)18-13(4)15(16)9-17/h5-8,11H,9-10,17H2,1-4H3. The van der Waals surface area contributed by atoms with Gasteiger partial charge in [-0.2, -0.15) is 0 Å². The highest BCUT2D eigenvalue weighted by Gasteiger charge is 2.17. The monoisotopic (exact) mass is 289 g/mol. The quantitative estimate of drug-likeness (QED) is 0.914. The zero-order valence-electron chi connectivity index (χ0n) is 12.7. The minimum absolute atomic E-state index is 0.420. The molecule has 0 fully saturated rings. The van der Waals surface area contributed by atoms with Crippen molar-refractivity contribution in [1.82, 2.24) is 4.98 Å². The zero-order chi connectivity index (χ0) is 14.7. The lowest BCUT2D eigenvalue weighted by Gasteiger charge is -2.31. The summed E-state index contributed by atoms with van der Waals surface area (Å²) in [6.45, 7) is 9.98. The van der Waals surface area contributed by atoms with Crippen LogP contribution in [0.15, 0.2) is 23.6 Å². The fraction of sp³-hybridized carbons (Fsp3) is 0.438. The van der Waals surface area contributed by atoms with Gasteiger partial charge in [0.15, 0.2) is 0 Å². The smallest absolute Gasteiger partial charge is 0.0525 e. The average molecular weight is 289 g/mol. The molecule has 0 atom stereocenters. The first-order valence-electron chi connectivity index (χ1n) is 6.99. The lowest BCUT2D eigenvalue weighted by Crippen LogP contribution is -2.31. The Labute approximate surface area is 125 Å². The topological polar surface area (TPSA) is 42.1 Å². The first-order valence-corrected chi connectivity index (χ1v) is 7.87. The summed E-state index contributed by atoms with van der Waals surface area (Å²) in [4.78, 5) is 8.32. The maximum atomic E-state index is 5.95. The van der Waals surface area contributed by atoms with Crippen LogP contribution in [-0.2, 0) is 13.1 Å². The van der Waals surface area contributed by atoms with E-state index in [9.17, 15) is 0 Å². The number of pyridine rings is 1. The van der Waals surface area contributed by atoms with Crippen LogP contribution in [-0.4, -0.2) is 11.0 Å². The number of aryl methyl sites for hydroxylation is 2. The Bertz CT molecular complexity index is 561. The lowest BCUT2D eigenvalue weighted by molar-refractivity contribution is 0.680. The molecule has 0 radical (unpaired) electrons. The molecule has 0 aliphatic rings. The van der Waals surface area contributed by atoms with Gasteiger partial charge in [-0.25, -0.2) is 0 Å². The number of rotatable bonds is 5. The second kappa shape index (κ2) is 6.37. The molecule has 0 unspecified atom stereocenters. The van der Waals surface area contributed by atoms with Crippen LogP contribution in [0.25, 0.3) is 0 Å². The zero-order valence-corrected chi connectivity index (χ0v) is 13.5. The fourth-order valence-corrected chi connectivity index (χ4v) is 3.16. The number of hydrogen-bond donors (Lipinski definition) is 1. The first-order chi connectivity index (χ1) is 9.52. The lowest BCUT2D eigenvalue weighted by atomic mass is 10.1.